The average Bonchev–Trinajstić information content (AvgIpc) is 2.90. The molecule has 0 aliphatic carbocycles. The third kappa shape index (κ3) is 6.63. The van der Waals surface area contributed by atoms with Crippen LogP contribution in [0.25, 0.3) is 5.70 Å². The van der Waals surface area contributed by atoms with Gasteiger partial charge in [-0.3, -0.25) is 15.0 Å². The highest BCUT2D eigenvalue weighted by atomic mass is 79.9. The van der Waals surface area contributed by atoms with Crippen molar-refractivity contribution >= 4 is 62.6 Å². The molecule has 1 aliphatic rings. The maximum Gasteiger partial charge on any atom is 0.412 e. The van der Waals surface area contributed by atoms with Gasteiger partial charge in [0.15, 0.2) is 0 Å². The van der Waals surface area contributed by atoms with Gasteiger partial charge >= 0.3 is 12.1 Å². The molecule has 3 aromatic rings. The molecule has 0 spiro atoms. The normalized spacial score (nSPS) is 15.5. The van der Waals surface area contributed by atoms with E-state index >= 15 is 0 Å². The lowest BCUT2D eigenvalue weighted by Crippen LogP contribution is -2.47. The van der Waals surface area contributed by atoms with Crippen molar-refractivity contribution in [3.8, 4) is 0 Å². The van der Waals surface area contributed by atoms with Gasteiger partial charge < -0.3 is 15.0 Å². The fourth-order valence-electron chi connectivity index (χ4n) is 4.99. The number of anilines is 2. The maximum atomic E-state index is 14.4. The first-order chi connectivity index (χ1) is 19.7. The Morgan fingerprint density at radius 3 is 2.26 bits per heavy atom. The minimum atomic E-state index is -0.830. The summed E-state index contributed by atoms with van der Waals surface area (Å²) in [5, 5.41) is 6.20. The van der Waals surface area contributed by atoms with Crippen LogP contribution >= 0.6 is 27.5 Å². The van der Waals surface area contributed by atoms with Crippen LogP contribution in [0.4, 0.5) is 21.0 Å². The van der Waals surface area contributed by atoms with Crippen molar-refractivity contribution in [1.29, 1.82) is 0 Å². The number of amides is 4. The van der Waals surface area contributed by atoms with Crippen molar-refractivity contribution in [3.05, 3.63) is 98.0 Å². The van der Waals surface area contributed by atoms with Gasteiger partial charge in [-0.25, -0.2) is 9.59 Å². The topological polar surface area (TPSA) is 91.0 Å². The van der Waals surface area contributed by atoms with E-state index in [0.29, 0.717) is 43.3 Å². The Balaban J connectivity index is 1.91. The quantitative estimate of drug-likeness (QED) is 0.291. The number of carbonyl (C=O) groups excluding carboxylic acids is 3. The number of hydrogen-bond acceptors (Lipinski definition) is 4. The summed E-state index contributed by atoms with van der Waals surface area (Å²) in [5.41, 5.74) is 4.12. The first-order valence-corrected chi connectivity index (χ1v) is 14.5. The minimum Gasteiger partial charge on any atom is -0.444 e. The van der Waals surface area contributed by atoms with Gasteiger partial charge in [-0.15, -0.1) is 0 Å². The number of benzene rings is 3. The van der Waals surface area contributed by atoms with Crippen molar-refractivity contribution in [3.63, 3.8) is 0 Å². The van der Waals surface area contributed by atoms with Gasteiger partial charge in [-0.1, -0.05) is 63.9 Å². The van der Waals surface area contributed by atoms with E-state index in [9.17, 15) is 14.4 Å². The molecule has 0 radical (unpaired) electrons. The first-order valence-electron chi connectivity index (χ1n) is 13.4. The van der Waals surface area contributed by atoms with Crippen LogP contribution in [-0.4, -0.2) is 47.5 Å². The molecule has 0 aromatic heterocycles. The molecule has 1 heterocycles. The maximum absolute atomic E-state index is 14.4. The molecule has 2 N–H and O–H groups in total. The number of hydrogen-bond donors (Lipinski definition) is 2. The fraction of sp³-hybridized carbons (Fsp3) is 0.281. The molecule has 4 rings (SSSR count). The summed E-state index contributed by atoms with van der Waals surface area (Å²) >= 11 is 10.2. The second-order valence-electron chi connectivity index (χ2n) is 11.2. The second-order valence-corrected chi connectivity index (χ2v) is 12.5. The molecule has 1 aliphatic heterocycles. The van der Waals surface area contributed by atoms with E-state index in [1.165, 1.54) is 9.80 Å². The summed E-state index contributed by atoms with van der Waals surface area (Å²) in [6.45, 7) is 9.15. The SMILES string of the molecule is Cc1cc(C)c(NC(=O)C2=C(c3ccccc3)N(C)C(=O)N(C)C2c2cc(NC(=O)OC(C)(C)C)ccc2Br)c(Cl)c1. The van der Waals surface area contributed by atoms with E-state index in [4.69, 9.17) is 16.3 Å². The molecule has 0 saturated carbocycles. The van der Waals surface area contributed by atoms with Crippen molar-refractivity contribution < 1.29 is 19.1 Å². The molecule has 3 aromatic carbocycles. The second kappa shape index (κ2) is 12.2. The number of urea groups is 1. The highest BCUT2D eigenvalue weighted by Gasteiger charge is 2.41. The Morgan fingerprint density at radius 1 is 0.976 bits per heavy atom. The molecule has 220 valence electrons. The van der Waals surface area contributed by atoms with Crippen molar-refractivity contribution in [2.24, 2.45) is 0 Å². The van der Waals surface area contributed by atoms with Crippen LogP contribution in [0.15, 0.2) is 70.7 Å². The summed E-state index contributed by atoms with van der Waals surface area (Å²) in [6.07, 6.45) is -0.619. The Bertz CT molecular complexity index is 1560. The van der Waals surface area contributed by atoms with Gasteiger partial charge in [0.1, 0.15) is 5.60 Å². The molecular weight excluding hydrogens is 620 g/mol. The van der Waals surface area contributed by atoms with Crippen LogP contribution in [-0.2, 0) is 9.53 Å². The van der Waals surface area contributed by atoms with E-state index in [-0.39, 0.29) is 6.03 Å². The van der Waals surface area contributed by atoms with Crippen LogP contribution in [0.1, 0.15) is 49.1 Å². The van der Waals surface area contributed by atoms with Gasteiger partial charge in [0.25, 0.3) is 5.91 Å². The standard InChI is InChI=1S/C32H34BrClN4O4/c1-18-15-19(2)26(24(34)16-18)36-29(39)25-27(20-11-9-8-10-12-20)37(6)31(41)38(7)28(25)22-17-21(13-14-23(22)33)35-30(40)42-32(3,4)5/h8-17,28H,1-7H3,(H,35,40)(H,36,39). The summed E-state index contributed by atoms with van der Waals surface area (Å²) in [6, 6.07) is 17.1. The third-order valence-electron chi connectivity index (χ3n) is 6.74. The van der Waals surface area contributed by atoms with Gasteiger partial charge in [0.2, 0.25) is 0 Å². The van der Waals surface area contributed by atoms with E-state index in [0.717, 1.165) is 11.1 Å². The number of nitrogens with zero attached hydrogens (tertiary/aromatic N) is 2. The molecule has 10 heteroatoms. The molecule has 1 unspecified atom stereocenters. The molecule has 0 fully saturated rings. The molecule has 8 nitrogen and oxygen atoms in total. The smallest absolute Gasteiger partial charge is 0.412 e. The summed E-state index contributed by atoms with van der Waals surface area (Å²) in [7, 11) is 3.29. The van der Waals surface area contributed by atoms with E-state index < -0.39 is 23.6 Å². The monoisotopic (exact) mass is 652 g/mol. The Kier molecular flexibility index (Phi) is 9.03. The zero-order valence-corrected chi connectivity index (χ0v) is 27.0. The van der Waals surface area contributed by atoms with Crippen LogP contribution in [0, 0.1) is 13.8 Å². The van der Waals surface area contributed by atoms with Gasteiger partial charge in [-0.05, 0) is 81.1 Å². The molecular formula is C32H34BrClN4O4. The van der Waals surface area contributed by atoms with Gasteiger partial charge in [0.05, 0.1) is 28.0 Å². The first kappa shape index (κ1) is 31.1. The van der Waals surface area contributed by atoms with Crippen LogP contribution in [0.3, 0.4) is 0 Å². The van der Waals surface area contributed by atoms with E-state index in [2.05, 4.69) is 26.6 Å². The predicted octanol–water partition coefficient (Wildman–Crippen LogP) is 8.15. The molecule has 0 bridgehead atoms. The molecule has 42 heavy (non-hydrogen) atoms. The summed E-state index contributed by atoms with van der Waals surface area (Å²) < 4.78 is 6.07. The number of halogens is 2. The number of aryl methyl sites for hydroxylation is 2. The zero-order chi connectivity index (χ0) is 30.9. The number of nitrogens with one attached hydrogen (secondary N) is 2. The number of carbonyl (C=O) groups is 3. The Labute approximate surface area is 259 Å². The zero-order valence-electron chi connectivity index (χ0n) is 24.6. The fourth-order valence-corrected chi connectivity index (χ4v) is 5.83. The summed E-state index contributed by atoms with van der Waals surface area (Å²) in [4.78, 5) is 43.5. The van der Waals surface area contributed by atoms with Gasteiger partial charge in [-0.2, -0.15) is 0 Å². The average molecular weight is 654 g/mol. The van der Waals surface area contributed by atoms with Crippen LogP contribution < -0.4 is 10.6 Å². The molecule has 4 amide bonds. The predicted molar refractivity (Wildman–Crippen MR) is 171 cm³/mol. The largest absolute Gasteiger partial charge is 0.444 e. The lowest BCUT2D eigenvalue weighted by molar-refractivity contribution is -0.113. The van der Waals surface area contributed by atoms with Crippen molar-refractivity contribution in [2.45, 2.75) is 46.3 Å². The Morgan fingerprint density at radius 2 is 1.64 bits per heavy atom. The lowest BCUT2D eigenvalue weighted by atomic mass is 9.89. The molecule has 1 atom stereocenters. The van der Waals surface area contributed by atoms with Crippen molar-refractivity contribution in [1.82, 2.24) is 9.80 Å². The Hall–Kier alpha value is -3.82. The number of ether oxygens (including phenoxy) is 1. The minimum absolute atomic E-state index is 0.308. The van der Waals surface area contributed by atoms with Crippen molar-refractivity contribution in [2.75, 3.05) is 24.7 Å². The summed E-state index contributed by atoms with van der Waals surface area (Å²) in [5.74, 6) is -0.420. The highest BCUT2D eigenvalue weighted by molar-refractivity contribution is 9.10. The number of likely N-dealkylation sites (N-methyl/N-ethyl adjacent to an activating group) is 1. The third-order valence-corrected chi connectivity index (χ3v) is 7.76. The van der Waals surface area contributed by atoms with Crippen LogP contribution in [0.5, 0.6) is 0 Å². The molecule has 0 saturated heterocycles. The van der Waals surface area contributed by atoms with E-state index in [1.807, 2.05) is 50.2 Å². The van der Waals surface area contributed by atoms with Crippen LogP contribution in [0.2, 0.25) is 5.02 Å². The highest BCUT2D eigenvalue weighted by Crippen LogP contribution is 2.43. The lowest BCUT2D eigenvalue weighted by Gasteiger charge is -2.41. The number of rotatable bonds is 5. The van der Waals surface area contributed by atoms with E-state index in [1.54, 1.807) is 59.1 Å². The van der Waals surface area contributed by atoms with Gasteiger partial charge in [0, 0.05) is 24.3 Å².